The van der Waals surface area contributed by atoms with Gasteiger partial charge in [-0.25, -0.2) is 4.79 Å². The predicted molar refractivity (Wildman–Crippen MR) is 50.1 cm³/mol. The number of aliphatic hydroxyl groups excluding tert-OH is 1. The van der Waals surface area contributed by atoms with Crippen molar-refractivity contribution in [3.63, 3.8) is 0 Å². The molecule has 0 radical (unpaired) electrons. The molecule has 13 heavy (non-hydrogen) atoms. The molecule has 3 N–H and O–H groups in total. The minimum atomic E-state index is -1.06. The highest BCUT2D eigenvalue weighted by Crippen LogP contribution is 2.01. The van der Waals surface area contributed by atoms with Gasteiger partial charge in [0.2, 0.25) is 0 Å². The molecule has 0 aliphatic carbocycles. The summed E-state index contributed by atoms with van der Waals surface area (Å²) in [6, 6.07) is 0. The molecule has 0 rings (SSSR count). The second-order valence-electron chi connectivity index (χ2n) is 3.44. The number of carbonyl (C=O) groups excluding carboxylic acids is 1. The molecule has 0 saturated heterocycles. The van der Waals surface area contributed by atoms with Crippen molar-refractivity contribution in [3.8, 4) is 0 Å². The first-order chi connectivity index (χ1) is 6.07. The maximum Gasteiger partial charge on any atom is 0.335 e. The quantitative estimate of drug-likeness (QED) is 0.589. The summed E-state index contributed by atoms with van der Waals surface area (Å²) in [7, 11) is 0. The van der Waals surface area contributed by atoms with Crippen LogP contribution in [0.4, 0.5) is 0 Å². The third-order valence-corrected chi connectivity index (χ3v) is 1.65. The monoisotopic (exact) mass is 189 g/mol. The SMILES string of the molecule is CC(C)CCOC(=O)[C@@H](O)CCN. The highest BCUT2D eigenvalue weighted by molar-refractivity contribution is 5.74. The van der Waals surface area contributed by atoms with E-state index in [4.69, 9.17) is 15.6 Å². The van der Waals surface area contributed by atoms with Crippen molar-refractivity contribution in [2.45, 2.75) is 32.8 Å². The Kier molecular flexibility index (Phi) is 6.54. The largest absolute Gasteiger partial charge is 0.464 e. The maximum absolute atomic E-state index is 11.0. The molecule has 0 heterocycles. The van der Waals surface area contributed by atoms with E-state index in [0.717, 1.165) is 6.42 Å². The van der Waals surface area contributed by atoms with Gasteiger partial charge >= 0.3 is 5.97 Å². The van der Waals surface area contributed by atoms with E-state index in [-0.39, 0.29) is 6.42 Å². The zero-order valence-corrected chi connectivity index (χ0v) is 8.32. The van der Waals surface area contributed by atoms with Gasteiger partial charge in [0.05, 0.1) is 6.61 Å². The molecule has 0 aromatic rings. The Balaban J connectivity index is 3.50. The molecule has 4 heteroatoms. The molecule has 0 fully saturated rings. The van der Waals surface area contributed by atoms with Gasteiger partial charge in [0.25, 0.3) is 0 Å². The lowest BCUT2D eigenvalue weighted by Gasteiger charge is -2.10. The Bertz CT molecular complexity index is 148. The van der Waals surface area contributed by atoms with Gasteiger partial charge in [-0.05, 0) is 25.3 Å². The minimum absolute atomic E-state index is 0.264. The standard InChI is InChI=1S/C9H19NO3/c1-7(2)4-6-13-9(12)8(11)3-5-10/h7-8,11H,3-6,10H2,1-2H3/t8-/m0/s1. The fraction of sp³-hybridized carbons (Fsp3) is 0.889. The van der Waals surface area contributed by atoms with Crippen LogP contribution in [0.3, 0.4) is 0 Å². The van der Waals surface area contributed by atoms with Crippen molar-refractivity contribution in [3.05, 3.63) is 0 Å². The number of nitrogens with two attached hydrogens (primary N) is 1. The van der Waals surface area contributed by atoms with Gasteiger partial charge in [0.15, 0.2) is 6.10 Å². The number of hydrogen-bond acceptors (Lipinski definition) is 4. The average Bonchev–Trinajstić information content (AvgIpc) is 2.04. The maximum atomic E-state index is 11.0. The van der Waals surface area contributed by atoms with Crippen LogP contribution in [0.15, 0.2) is 0 Å². The first kappa shape index (κ1) is 12.4. The molecule has 1 atom stereocenters. The van der Waals surface area contributed by atoms with Crippen LogP contribution < -0.4 is 5.73 Å². The number of ether oxygens (including phenoxy) is 1. The van der Waals surface area contributed by atoms with Crippen molar-refractivity contribution in [1.29, 1.82) is 0 Å². The fourth-order valence-corrected chi connectivity index (χ4v) is 0.767. The summed E-state index contributed by atoms with van der Waals surface area (Å²) in [6.45, 7) is 4.76. The second kappa shape index (κ2) is 6.86. The molecule has 0 amide bonds. The van der Waals surface area contributed by atoms with Gasteiger partial charge in [-0.3, -0.25) is 0 Å². The third-order valence-electron chi connectivity index (χ3n) is 1.65. The summed E-state index contributed by atoms with van der Waals surface area (Å²) in [5, 5.41) is 9.13. The molecule has 4 nitrogen and oxygen atoms in total. The molecule has 0 aliphatic heterocycles. The average molecular weight is 189 g/mol. The van der Waals surface area contributed by atoms with Gasteiger partial charge in [-0.1, -0.05) is 13.8 Å². The van der Waals surface area contributed by atoms with E-state index in [1.54, 1.807) is 0 Å². The van der Waals surface area contributed by atoms with Crippen molar-refractivity contribution in [2.24, 2.45) is 11.7 Å². The van der Waals surface area contributed by atoms with Crippen LogP contribution in [0.2, 0.25) is 0 Å². The molecular weight excluding hydrogens is 170 g/mol. The first-order valence-electron chi connectivity index (χ1n) is 4.62. The molecule has 0 saturated carbocycles. The van der Waals surface area contributed by atoms with Crippen LogP contribution in [0, 0.1) is 5.92 Å². The lowest BCUT2D eigenvalue weighted by molar-refractivity contribution is -0.154. The third kappa shape index (κ3) is 6.54. The summed E-state index contributed by atoms with van der Waals surface area (Å²) >= 11 is 0. The van der Waals surface area contributed by atoms with E-state index >= 15 is 0 Å². The fourth-order valence-electron chi connectivity index (χ4n) is 0.767. The zero-order valence-electron chi connectivity index (χ0n) is 8.32. The second-order valence-corrected chi connectivity index (χ2v) is 3.44. The Morgan fingerprint density at radius 3 is 2.54 bits per heavy atom. The van der Waals surface area contributed by atoms with Crippen molar-refractivity contribution in [2.75, 3.05) is 13.2 Å². The highest BCUT2D eigenvalue weighted by atomic mass is 16.5. The summed E-state index contributed by atoms with van der Waals surface area (Å²) in [4.78, 5) is 11.0. The molecular formula is C9H19NO3. The zero-order chi connectivity index (χ0) is 10.3. The minimum Gasteiger partial charge on any atom is -0.464 e. The summed E-state index contributed by atoms with van der Waals surface area (Å²) in [5.74, 6) is -0.0643. The van der Waals surface area contributed by atoms with E-state index in [1.807, 2.05) is 13.8 Å². The number of carbonyl (C=O) groups is 1. The molecule has 0 bridgehead atoms. The number of esters is 1. The van der Waals surface area contributed by atoms with E-state index < -0.39 is 12.1 Å². The van der Waals surface area contributed by atoms with Crippen LogP contribution in [0.1, 0.15) is 26.7 Å². The van der Waals surface area contributed by atoms with Crippen molar-refractivity contribution < 1.29 is 14.6 Å². The predicted octanol–water partition coefficient (Wildman–Crippen LogP) is 0.285. The van der Waals surface area contributed by atoms with Gasteiger partial charge < -0.3 is 15.6 Å². The lowest BCUT2D eigenvalue weighted by Crippen LogP contribution is -2.26. The number of rotatable bonds is 6. The van der Waals surface area contributed by atoms with Gasteiger partial charge in [0, 0.05) is 0 Å². The van der Waals surface area contributed by atoms with Crippen LogP contribution in [0.5, 0.6) is 0 Å². The van der Waals surface area contributed by atoms with Crippen LogP contribution >= 0.6 is 0 Å². The smallest absolute Gasteiger partial charge is 0.335 e. The van der Waals surface area contributed by atoms with Crippen molar-refractivity contribution >= 4 is 5.97 Å². The van der Waals surface area contributed by atoms with Crippen molar-refractivity contribution in [1.82, 2.24) is 0 Å². The molecule has 0 aliphatic rings. The Morgan fingerprint density at radius 1 is 1.46 bits per heavy atom. The van der Waals surface area contributed by atoms with Crippen LogP contribution in [0.25, 0.3) is 0 Å². The van der Waals surface area contributed by atoms with Gasteiger partial charge in [-0.15, -0.1) is 0 Å². The molecule has 78 valence electrons. The molecule has 0 unspecified atom stereocenters. The topological polar surface area (TPSA) is 72.5 Å². The number of aliphatic hydroxyl groups is 1. The highest BCUT2D eigenvalue weighted by Gasteiger charge is 2.14. The van der Waals surface area contributed by atoms with Gasteiger partial charge in [0.1, 0.15) is 0 Å². The molecule has 0 aromatic carbocycles. The van der Waals surface area contributed by atoms with Crippen LogP contribution in [-0.4, -0.2) is 30.3 Å². The van der Waals surface area contributed by atoms with Gasteiger partial charge in [-0.2, -0.15) is 0 Å². The van der Waals surface area contributed by atoms with E-state index in [0.29, 0.717) is 19.1 Å². The Labute approximate surface area is 79.1 Å². The Morgan fingerprint density at radius 2 is 2.08 bits per heavy atom. The van der Waals surface area contributed by atoms with E-state index in [9.17, 15) is 4.79 Å². The molecule has 0 spiro atoms. The van der Waals surface area contributed by atoms with E-state index in [1.165, 1.54) is 0 Å². The normalized spacial score (nSPS) is 13.0. The van der Waals surface area contributed by atoms with E-state index in [2.05, 4.69) is 0 Å². The number of hydrogen-bond donors (Lipinski definition) is 2. The summed E-state index contributed by atoms with van der Waals surface area (Å²) in [6.07, 6.45) is 0.0267. The summed E-state index contributed by atoms with van der Waals surface area (Å²) < 4.78 is 4.82. The Hall–Kier alpha value is -0.610. The molecule has 0 aromatic heterocycles. The summed E-state index contributed by atoms with van der Waals surface area (Å²) in [5.41, 5.74) is 5.18. The lowest BCUT2D eigenvalue weighted by atomic mass is 10.1. The first-order valence-corrected chi connectivity index (χ1v) is 4.62. The van der Waals surface area contributed by atoms with Crippen LogP contribution in [-0.2, 0) is 9.53 Å².